The summed E-state index contributed by atoms with van der Waals surface area (Å²) in [5, 5.41) is 7.64. The van der Waals surface area contributed by atoms with Gasteiger partial charge in [-0.3, -0.25) is 9.48 Å². The molecule has 5 nitrogen and oxygen atoms in total. The van der Waals surface area contributed by atoms with E-state index in [-0.39, 0.29) is 11.5 Å². The van der Waals surface area contributed by atoms with Crippen LogP contribution in [0.4, 0.5) is 4.39 Å². The zero-order valence-electron chi connectivity index (χ0n) is 13.2. The van der Waals surface area contributed by atoms with E-state index >= 15 is 0 Å². The van der Waals surface area contributed by atoms with Gasteiger partial charge >= 0.3 is 0 Å². The Morgan fingerprint density at radius 2 is 2.09 bits per heavy atom. The zero-order chi connectivity index (χ0) is 16.2. The second kappa shape index (κ2) is 6.91. The molecule has 0 radical (unpaired) electrons. The molecule has 1 fully saturated rings. The molecule has 0 bridgehead atoms. The molecule has 1 aliphatic heterocycles. The molecule has 0 saturated carbocycles. The van der Waals surface area contributed by atoms with Gasteiger partial charge in [-0.15, -0.1) is 0 Å². The van der Waals surface area contributed by atoms with Crippen LogP contribution >= 0.6 is 0 Å². The summed E-state index contributed by atoms with van der Waals surface area (Å²) < 4.78 is 15.5. The Kier molecular flexibility index (Phi) is 4.71. The number of nitrogens with one attached hydrogen (secondary N) is 1. The Hall–Kier alpha value is -2.21. The number of hydrogen-bond acceptors (Lipinski definition) is 3. The van der Waals surface area contributed by atoms with E-state index < -0.39 is 5.82 Å². The van der Waals surface area contributed by atoms with E-state index in [9.17, 15) is 9.18 Å². The lowest BCUT2D eigenvalue weighted by Gasteiger charge is -2.32. The van der Waals surface area contributed by atoms with Gasteiger partial charge in [0.05, 0.1) is 11.8 Å². The van der Waals surface area contributed by atoms with Crippen LogP contribution < -0.4 is 5.32 Å². The minimum Gasteiger partial charge on any atom is -0.338 e. The Labute approximate surface area is 135 Å². The van der Waals surface area contributed by atoms with Crippen molar-refractivity contribution in [2.75, 3.05) is 13.1 Å². The molecule has 0 aliphatic carbocycles. The summed E-state index contributed by atoms with van der Waals surface area (Å²) in [4.78, 5) is 14.1. The van der Waals surface area contributed by atoms with Crippen molar-refractivity contribution in [1.29, 1.82) is 0 Å². The average molecular weight is 316 g/mol. The number of halogens is 1. The van der Waals surface area contributed by atoms with Crippen molar-refractivity contribution in [1.82, 2.24) is 20.0 Å². The van der Waals surface area contributed by atoms with Gasteiger partial charge in [0.25, 0.3) is 5.91 Å². The maximum atomic E-state index is 13.7. The lowest BCUT2D eigenvalue weighted by molar-refractivity contribution is 0.0700. The SMILES string of the molecule is Cn1cc(CNC2CCN(C(=O)c3ccccc3F)CC2)cn1. The Balaban J connectivity index is 1.50. The van der Waals surface area contributed by atoms with Gasteiger partial charge in [0, 0.05) is 44.5 Å². The summed E-state index contributed by atoms with van der Waals surface area (Å²) >= 11 is 0. The van der Waals surface area contributed by atoms with Gasteiger partial charge in [-0.05, 0) is 25.0 Å². The van der Waals surface area contributed by atoms with Crippen LogP contribution in [0.3, 0.4) is 0 Å². The second-order valence-corrected chi connectivity index (χ2v) is 5.95. The molecule has 0 atom stereocenters. The lowest BCUT2D eigenvalue weighted by Crippen LogP contribution is -2.44. The highest BCUT2D eigenvalue weighted by Crippen LogP contribution is 2.16. The quantitative estimate of drug-likeness (QED) is 0.938. The number of hydrogen-bond donors (Lipinski definition) is 1. The molecule has 6 heteroatoms. The van der Waals surface area contributed by atoms with Crippen molar-refractivity contribution in [2.24, 2.45) is 7.05 Å². The van der Waals surface area contributed by atoms with E-state index in [0.29, 0.717) is 19.1 Å². The highest BCUT2D eigenvalue weighted by molar-refractivity contribution is 5.94. The number of benzene rings is 1. The number of piperidine rings is 1. The van der Waals surface area contributed by atoms with E-state index in [1.54, 1.807) is 27.8 Å². The number of aromatic nitrogens is 2. The van der Waals surface area contributed by atoms with Crippen LogP contribution in [0.25, 0.3) is 0 Å². The molecule has 0 unspecified atom stereocenters. The molecule has 3 rings (SSSR count). The molecule has 0 spiro atoms. The van der Waals surface area contributed by atoms with Crippen LogP contribution in [0.2, 0.25) is 0 Å². The van der Waals surface area contributed by atoms with Crippen molar-refractivity contribution in [3.63, 3.8) is 0 Å². The van der Waals surface area contributed by atoms with E-state index in [1.165, 1.54) is 6.07 Å². The number of nitrogens with zero attached hydrogens (tertiary/aromatic N) is 3. The third-order valence-electron chi connectivity index (χ3n) is 4.24. The molecule has 23 heavy (non-hydrogen) atoms. The second-order valence-electron chi connectivity index (χ2n) is 5.95. The maximum Gasteiger partial charge on any atom is 0.256 e. The summed E-state index contributed by atoms with van der Waals surface area (Å²) in [6, 6.07) is 6.54. The van der Waals surface area contributed by atoms with Gasteiger partial charge in [-0.2, -0.15) is 5.10 Å². The van der Waals surface area contributed by atoms with Crippen LogP contribution in [-0.2, 0) is 13.6 Å². The van der Waals surface area contributed by atoms with Gasteiger partial charge in [0.15, 0.2) is 0 Å². The van der Waals surface area contributed by atoms with Gasteiger partial charge < -0.3 is 10.2 Å². The van der Waals surface area contributed by atoms with Crippen LogP contribution in [0, 0.1) is 5.82 Å². The first-order valence-corrected chi connectivity index (χ1v) is 7.88. The minimum atomic E-state index is -0.450. The fraction of sp³-hybridized carbons (Fsp3) is 0.412. The van der Waals surface area contributed by atoms with Crippen LogP contribution in [0.1, 0.15) is 28.8 Å². The number of carbonyl (C=O) groups excluding carboxylic acids is 1. The summed E-state index contributed by atoms with van der Waals surface area (Å²) in [6.45, 7) is 2.08. The van der Waals surface area contributed by atoms with E-state index in [4.69, 9.17) is 0 Å². The molecular formula is C17H21FN4O. The predicted octanol–water partition coefficient (Wildman–Crippen LogP) is 1.95. The largest absolute Gasteiger partial charge is 0.338 e. The summed E-state index contributed by atoms with van der Waals surface area (Å²) in [5.74, 6) is -0.664. The minimum absolute atomic E-state index is 0.161. The molecule has 2 heterocycles. The van der Waals surface area contributed by atoms with Crippen LogP contribution in [0.5, 0.6) is 0 Å². The van der Waals surface area contributed by atoms with Gasteiger partial charge in [-0.25, -0.2) is 4.39 Å². The molecule has 1 saturated heterocycles. The van der Waals surface area contributed by atoms with E-state index in [2.05, 4.69) is 10.4 Å². The molecule has 1 N–H and O–H groups in total. The van der Waals surface area contributed by atoms with Crippen molar-refractivity contribution in [3.8, 4) is 0 Å². The fourth-order valence-corrected chi connectivity index (χ4v) is 2.92. The van der Waals surface area contributed by atoms with Crippen molar-refractivity contribution >= 4 is 5.91 Å². The first kappa shape index (κ1) is 15.7. The maximum absolute atomic E-state index is 13.7. The number of aryl methyl sites for hydroxylation is 1. The van der Waals surface area contributed by atoms with Crippen LogP contribution in [-0.4, -0.2) is 39.7 Å². The number of carbonyl (C=O) groups is 1. The molecule has 1 aromatic carbocycles. The highest BCUT2D eigenvalue weighted by atomic mass is 19.1. The molecule has 122 valence electrons. The number of rotatable bonds is 4. The zero-order valence-corrected chi connectivity index (χ0v) is 13.2. The summed E-state index contributed by atoms with van der Waals surface area (Å²) in [6.07, 6.45) is 5.59. The standard InChI is InChI=1S/C17H21FN4O/c1-21-12-13(11-20-21)10-19-14-6-8-22(9-7-14)17(23)15-4-2-3-5-16(15)18/h2-5,11-12,14,19H,6-10H2,1H3. The molecule has 1 amide bonds. The van der Waals surface area contributed by atoms with Crippen molar-refractivity contribution < 1.29 is 9.18 Å². The molecule has 2 aromatic rings. The Morgan fingerprint density at radius 3 is 2.74 bits per heavy atom. The first-order chi connectivity index (χ1) is 11.1. The number of likely N-dealkylation sites (tertiary alicyclic amines) is 1. The predicted molar refractivity (Wildman–Crippen MR) is 85.4 cm³/mol. The van der Waals surface area contributed by atoms with E-state index in [0.717, 1.165) is 24.9 Å². The smallest absolute Gasteiger partial charge is 0.256 e. The Morgan fingerprint density at radius 1 is 1.35 bits per heavy atom. The lowest BCUT2D eigenvalue weighted by atomic mass is 10.0. The van der Waals surface area contributed by atoms with Crippen molar-refractivity contribution in [2.45, 2.75) is 25.4 Å². The average Bonchev–Trinajstić information content (AvgIpc) is 2.99. The summed E-state index contributed by atoms with van der Waals surface area (Å²) in [7, 11) is 1.90. The molecular weight excluding hydrogens is 295 g/mol. The summed E-state index contributed by atoms with van der Waals surface area (Å²) in [5.41, 5.74) is 1.31. The van der Waals surface area contributed by atoms with Gasteiger partial charge in [0.1, 0.15) is 5.82 Å². The van der Waals surface area contributed by atoms with Crippen LogP contribution in [0.15, 0.2) is 36.7 Å². The van der Waals surface area contributed by atoms with Gasteiger partial charge in [-0.1, -0.05) is 12.1 Å². The third-order valence-corrected chi connectivity index (χ3v) is 4.24. The fourth-order valence-electron chi connectivity index (χ4n) is 2.92. The number of amides is 1. The molecule has 1 aliphatic rings. The highest BCUT2D eigenvalue weighted by Gasteiger charge is 2.24. The molecule has 1 aromatic heterocycles. The van der Waals surface area contributed by atoms with E-state index in [1.807, 2.05) is 19.4 Å². The topological polar surface area (TPSA) is 50.2 Å². The Bertz CT molecular complexity index is 677. The third kappa shape index (κ3) is 3.76. The first-order valence-electron chi connectivity index (χ1n) is 7.88. The normalized spacial score (nSPS) is 15.8. The van der Waals surface area contributed by atoms with Crippen molar-refractivity contribution in [3.05, 3.63) is 53.6 Å². The monoisotopic (exact) mass is 316 g/mol. The van der Waals surface area contributed by atoms with Gasteiger partial charge in [0.2, 0.25) is 0 Å².